The molecule has 1 saturated heterocycles. The second-order valence-electron chi connectivity index (χ2n) is 3.93. The molecule has 1 aliphatic heterocycles. The molecule has 18 heavy (non-hydrogen) atoms. The molecule has 0 aromatic carbocycles. The molecule has 0 radical (unpaired) electrons. The zero-order chi connectivity index (χ0) is 13.5. The van der Waals surface area contributed by atoms with Gasteiger partial charge in [0.05, 0.1) is 25.0 Å². The van der Waals surface area contributed by atoms with Gasteiger partial charge in [-0.2, -0.15) is 11.8 Å². The molecule has 0 spiro atoms. The molecule has 102 valence electrons. The van der Waals surface area contributed by atoms with Crippen LogP contribution in [0.25, 0.3) is 0 Å². The summed E-state index contributed by atoms with van der Waals surface area (Å²) >= 11 is 1.27. The van der Waals surface area contributed by atoms with E-state index >= 15 is 0 Å². The van der Waals surface area contributed by atoms with Crippen molar-refractivity contribution < 1.29 is 24.2 Å². The second-order valence-corrected chi connectivity index (χ2v) is 5.03. The van der Waals surface area contributed by atoms with E-state index in [-0.39, 0.29) is 31.3 Å². The second kappa shape index (κ2) is 7.22. The summed E-state index contributed by atoms with van der Waals surface area (Å²) in [5.41, 5.74) is 4.95. The standard InChI is InChI=1S/C10H16N2O5S/c11-8(13)5-18-2-1-9(14)12-7-4-17-3-6(7)10(15)16/h6-7H,1-5H2,(H2,11,13)(H,12,14)(H,15,16). The van der Waals surface area contributed by atoms with Gasteiger partial charge in [0, 0.05) is 12.2 Å². The highest BCUT2D eigenvalue weighted by Gasteiger charge is 2.34. The number of rotatable bonds is 7. The van der Waals surface area contributed by atoms with Crippen LogP contribution in [0.4, 0.5) is 0 Å². The SMILES string of the molecule is NC(=O)CSCCC(=O)NC1COCC1C(=O)O. The molecule has 0 aromatic heterocycles. The zero-order valence-corrected chi connectivity index (χ0v) is 10.6. The number of carboxylic acid groups (broad SMARTS) is 1. The lowest BCUT2D eigenvalue weighted by atomic mass is 10.0. The molecule has 0 bridgehead atoms. The highest BCUT2D eigenvalue weighted by Crippen LogP contribution is 2.14. The van der Waals surface area contributed by atoms with Crippen LogP contribution < -0.4 is 11.1 Å². The molecule has 0 aromatic rings. The van der Waals surface area contributed by atoms with E-state index in [1.54, 1.807) is 0 Å². The quantitative estimate of drug-likeness (QED) is 0.503. The smallest absolute Gasteiger partial charge is 0.311 e. The number of hydrogen-bond donors (Lipinski definition) is 3. The fourth-order valence-corrected chi connectivity index (χ4v) is 2.23. The summed E-state index contributed by atoms with van der Waals surface area (Å²) in [6, 6.07) is -0.476. The van der Waals surface area contributed by atoms with Crippen LogP contribution in [0.15, 0.2) is 0 Å². The highest BCUT2D eigenvalue weighted by atomic mass is 32.2. The number of nitrogens with one attached hydrogen (secondary N) is 1. The summed E-state index contributed by atoms with van der Waals surface area (Å²) in [7, 11) is 0. The van der Waals surface area contributed by atoms with Crippen LogP contribution in [0.5, 0.6) is 0 Å². The number of thioether (sulfide) groups is 1. The van der Waals surface area contributed by atoms with Gasteiger partial charge < -0.3 is 20.9 Å². The number of ether oxygens (including phenoxy) is 1. The Hall–Kier alpha value is -1.28. The molecular formula is C10H16N2O5S. The minimum absolute atomic E-state index is 0.122. The van der Waals surface area contributed by atoms with Crippen LogP contribution >= 0.6 is 11.8 Å². The Labute approximate surface area is 108 Å². The van der Waals surface area contributed by atoms with Crippen LogP contribution in [0.3, 0.4) is 0 Å². The minimum Gasteiger partial charge on any atom is -0.481 e. The first-order chi connectivity index (χ1) is 8.50. The van der Waals surface area contributed by atoms with Gasteiger partial charge in [-0.1, -0.05) is 0 Å². The van der Waals surface area contributed by atoms with Gasteiger partial charge in [-0.05, 0) is 0 Å². The normalized spacial score (nSPS) is 22.7. The van der Waals surface area contributed by atoms with Gasteiger partial charge in [0.1, 0.15) is 5.92 Å². The third-order valence-electron chi connectivity index (χ3n) is 2.46. The Morgan fingerprint density at radius 1 is 1.39 bits per heavy atom. The molecule has 1 fully saturated rings. The van der Waals surface area contributed by atoms with E-state index in [0.29, 0.717) is 5.75 Å². The third-order valence-corrected chi connectivity index (χ3v) is 3.44. The van der Waals surface area contributed by atoms with Crippen molar-refractivity contribution in [3.05, 3.63) is 0 Å². The maximum atomic E-state index is 11.5. The van der Waals surface area contributed by atoms with E-state index in [9.17, 15) is 14.4 Å². The van der Waals surface area contributed by atoms with Crippen LogP contribution in [0.2, 0.25) is 0 Å². The van der Waals surface area contributed by atoms with E-state index in [1.807, 2.05) is 0 Å². The minimum atomic E-state index is -0.971. The predicted molar refractivity (Wildman–Crippen MR) is 65.0 cm³/mol. The Bertz CT molecular complexity index is 336. The number of carboxylic acids is 1. The van der Waals surface area contributed by atoms with Gasteiger partial charge in [-0.3, -0.25) is 14.4 Å². The Balaban J connectivity index is 2.23. The van der Waals surface area contributed by atoms with Gasteiger partial charge in [-0.15, -0.1) is 0 Å². The van der Waals surface area contributed by atoms with Crippen molar-refractivity contribution in [3.8, 4) is 0 Å². The van der Waals surface area contributed by atoms with Gasteiger partial charge in [0.2, 0.25) is 11.8 Å². The maximum absolute atomic E-state index is 11.5. The van der Waals surface area contributed by atoms with Gasteiger partial charge in [-0.25, -0.2) is 0 Å². The number of hydrogen-bond acceptors (Lipinski definition) is 5. The molecule has 1 rings (SSSR count). The van der Waals surface area contributed by atoms with Crippen molar-refractivity contribution >= 4 is 29.5 Å². The molecule has 8 heteroatoms. The van der Waals surface area contributed by atoms with E-state index in [4.69, 9.17) is 15.6 Å². The van der Waals surface area contributed by atoms with Crippen molar-refractivity contribution in [1.29, 1.82) is 0 Å². The summed E-state index contributed by atoms with van der Waals surface area (Å²) in [5.74, 6) is -1.67. The summed E-state index contributed by atoms with van der Waals surface area (Å²) < 4.78 is 5.03. The fourth-order valence-electron chi connectivity index (χ4n) is 1.56. The van der Waals surface area contributed by atoms with E-state index in [0.717, 1.165) is 0 Å². The Morgan fingerprint density at radius 2 is 2.11 bits per heavy atom. The molecule has 4 N–H and O–H groups in total. The maximum Gasteiger partial charge on any atom is 0.311 e. The van der Waals surface area contributed by atoms with Crippen molar-refractivity contribution in [2.24, 2.45) is 11.7 Å². The average Bonchev–Trinajstić information content (AvgIpc) is 2.72. The molecule has 0 saturated carbocycles. The largest absolute Gasteiger partial charge is 0.481 e. The van der Waals surface area contributed by atoms with Crippen LogP contribution in [-0.4, -0.2) is 53.7 Å². The van der Waals surface area contributed by atoms with Gasteiger partial charge in [0.25, 0.3) is 0 Å². The number of nitrogens with two attached hydrogens (primary N) is 1. The molecule has 1 heterocycles. The molecule has 7 nitrogen and oxygen atoms in total. The summed E-state index contributed by atoms with van der Waals surface area (Å²) in [5, 5.41) is 11.5. The van der Waals surface area contributed by atoms with Crippen molar-refractivity contribution in [3.63, 3.8) is 0 Å². The predicted octanol–water partition coefficient (Wildman–Crippen LogP) is -1.19. The highest BCUT2D eigenvalue weighted by molar-refractivity contribution is 7.99. The molecular weight excluding hydrogens is 260 g/mol. The molecule has 2 amide bonds. The Morgan fingerprint density at radius 3 is 2.72 bits per heavy atom. The first kappa shape index (κ1) is 14.8. The molecule has 2 unspecified atom stereocenters. The number of carbonyl (C=O) groups is 3. The topological polar surface area (TPSA) is 119 Å². The molecule has 1 aliphatic rings. The summed E-state index contributed by atoms with van der Waals surface area (Å²) in [6.45, 7) is 0.341. The zero-order valence-electron chi connectivity index (χ0n) is 9.76. The van der Waals surface area contributed by atoms with Crippen LogP contribution in [0.1, 0.15) is 6.42 Å². The lowest BCUT2D eigenvalue weighted by Gasteiger charge is -2.15. The lowest BCUT2D eigenvalue weighted by molar-refractivity contribution is -0.142. The first-order valence-electron chi connectivity index (χ1n) is 5.46. The Kier molecular flexibility index (Phi) is 5.93. The third kappa shape index (κ3) is 4.92. The number of amides is 2. The van der Waals surface area contributed by atoms with E-state index in [2.05, 4.69) is 5.32 Å². The summed E-state index contributed by atoms with van der Waals surface area (Å²) in [4.78, 5) is 32.8. The van der Waals surface area contributed by atoms with Crippen LogP contribution in [-0.2, 0) is 19.1 Å². The molecule has 0 aliphatic carbocycles. The van der Waals surface area contributed by atoms with Gasteiger partial charge >= 0.3 is 5.97 Å². The van der Waals surface area contributed by atoms with Crippen LogP contribution in [0, 0.1) is 5.92 Å². The number of carbonyl (C=O) groups excluding carboxylic acids is 2. The average molecular weight is 276 g/mol. The monoisotopic (exact) mass is 276 g/mol. The number of primary amides is 1. The first-order valence-corrected chi connectivity index (χ1v) is 6.62. The fraction of sp³-hybridized carbons (Fsp3) is 0.700. The van der Waals surface area contributed by atoms with Crippen molar-refractivity contribution in [1.82, 2.24) is 5.32 Å². The van der Waals surface area contributed by atoms with Crippen molar-refractivity contribution in [2.75, 3.05) is 24.7 Å². The van der Waals surface area contributed by atoms with Crippen molar-refractivity contribution in [2.45, 2.75) is 12.5 Å². The number of aliphatic carboxylic acids is 1. The molecule has 2 atom stereocenters. The van der Waals surface area contributed by atoms with E-state index < -0.39 is 23.8 Å². The lowest BCUT2D eigenvalue weighted by Crippen LogP contribution is -2.42. The van der Waals surface area contributed by atoms with E-state index in [1.165, 1.54) is 11.8 Å². The summed E-state index contributed by atoms with van der Waals surface area (Å²) in [6.07, 6.45) is 0.223. The van der Waals surface area contributed by atoms with Gasteiger partial charge in [0.15, 0.2) is 0 Å².